The van der Waals surface area contributed by atoms with Gasteiger partial charge < -0.3 is 14.5 Å². The van der Waals surface area contributed by atoms with Crippen molar-refractivity contribution < 1.29 is 0 Å². The lowest BCUT2D eigenvalue weighted by molar-refractivity contribution is 0.408. The maximum Gasteiger partial charge on any atom is 0.156 e. The third-order valence-corrected chi connectivity index (χ3v) is 6.85. The Labute approximate surface area is 199 Å². The highest BCUT2D eigenvalue weighted by molar-refractivity contribution is 5.94. The minimum atomic E-state index is -0.0408. The van der Waals surface area contributed by atoms with Crippen LogP contribution in [0.4, 0.5) is 5.69 Å². The number of benzene rings is 2. The first-order valence-electron chi connectivity index (χ1n) is 12.1. The van der Waals surface area contributed by atoms with Gasteiger partial charge in [-0.2, -0.15) is 0 Å². The van der Waals surface area contributed by atoms with Gasteiger partial charge in [-0.25, -0.2) is 15.0 Å². The van der Waals surface area contributed by atoms with Gasteiger partial charge in [-0.1, -0.05) is 18.2 Å². The number of nitrogens with zero attached hydrogens (tertiary/aromatic N) is 5. The summed E-state index contributed by atoms with van der Waals surface area (Å²) >= 11 is 0. The Hall–Kier alpha value is -3.67. The van der Waals surface area contributed by atoms with Gasteiger partial charge in [0.25, 0.3) is 0 Å². The Morgan fingerprint density at radius 3 is 2.41 bits per heavy atom. The molecule has 6 nitrogen and oxygen atoms in total. The van der Waals surface area contributed by atoms with Crippen LogP contribution in [0.2, 0.25) is 0 Å². The second-order valence-corrected chi connectivity index (χ2v) is 10.2. The van der Waals surface area contributed by atoms with Crippen molar-refractivity contribution in [3.05, 3.63) is 61.2 Å². The topological polar surface area (TPSA) is 62.6 Å². The van der Waals surface area contributed by atoms with Crippen LogP contribution in [-0.4, -0.2) is 37.6 Å². The number of nitrogens with one attached hydrogen (secondary N) is 1. The van der Waals surface area contributed by atoms with E-state index in [1.54, 1.807) is 0 Å². The van der Waals surface area contributed by atoms with E-state index in [1.165, 1.54) is 24.9 Å². The van der Waals surface area contributed by atoms with Gasteiger partial charge in [0.2, 0.25) is 0 Å². The van der Waals surface area contributed by atoms with Gasteiger partial charge in [-0.15, -0.1) is 0 Å². The van der Waals surface area contributed by atoms with Crippen molar-refractivity contribution in [2.75, 3.05) is 18.0 Å². The first-order valence-corrected chi connectivity index (χ1v) is 12.1. The third kappa shape index (κ3) is 3.63. The quantitative estimate of drug-likeness (QED) is 0.346. The van der Waals surface area contributed by atoms with Gasteiger partial charge in [0.1, 0.15) is 5.52 Å². The van der Waals surface area contributed by atoms with Crippen molar-refractivity contribution in [1.82, 2.24) is 24.5 Å². The number of anilines is 1. The van der Waals surface area contributed by atoms with E-state index in [1.807, 2.05) is 18.7 Å². The van der Waals surface area contributed by atoms with Crippen LogP contribution in [0.3, 0.4) is 0 Å². The molecule has 1 N–H and O–H groups in total. The van der Waals surface area contributed by atoms with Crippen molar-refractivity contribution in [3.63, 3.8) is 0 Å². The molecule has 0 amide bonds. The number of aromatic nitrogens is 5. The maximum atomic E-state index is 5.03. The molecule has 1 aliphatic heterocycles. The first-order chi connectivity index (χ1) is 16.5. The molecule has 3 aromatic heterocycles. The summed E-state index contributed by atoms with van der Waals surface area (Å²) in [6.07, 6.45) is 9.69. The summed E-state index contributed by atoms with van der Waals surface area (Å²) < 4.78 is 2.22. The molecule has 5 aromatic rings. The SMILES string of the molecule is CC(C)(C)n1cnc2ccc(-c3c[nH]c4ncc(-c5ccc(N6CCCCC6)cc5)nc34)cc21. The Morgan fingerprint density at radius 1 is 0.882 bits per heavy atom. The van der Waals surface area contributed by atoms with E-state index in [-0.39, 0.29) is 5.54 Å². The van der Waals surface area contributed by atoms with E-state index >= 15 is 0 Å². The Morgan fingerprint density at radius 2 is 1.65 bits per heavy atom. The van der Waals surface area contributed by atoms with Gasteiger partial charge in [-0.3, -0.25) is 0 Å². The number of fused-ring (bicyclic) bond motifs is 2. The summed E-state index contributed by atoms with van der Waals surface area (Å²) in [6.45, 7) is 8.88. The lowest BCUT2D eigenvalue weighted by Crippen LogP contribution is -2.29. The van der Waals surface area contributed by atoms with Crippen molar-refractivity contribution in [1.29, 1.82) is 0 Å². The molecule has 1 aliphatic rings. The van der Waals surface area contributed by atoms with Crippen LogP contribution in [0.25, 0.3) is 44.6 Å². The molecule has 4 heterocycles. The van der Waals surface area contributed by atoms with E-state index in [9.17, 15) is 0 Å². The number of hydrogen-bond acceptors (Lipinski definition) is 4. The summed E-state index contributed by atoms with van der Waals surface area (Å²) in [5, 5.41) is 0. The molecule has 0 aliphatic carbocycles. The first kappa shape index (κ1) is 20.9. The van der Waals surface area contributed by atoms with Crippen molar-refractivity contribution in [2.45, 2.75) is 45.6 Å². The predicted octanol–water partition coefficient (Wildman–Crippen LogP) is 6.39. The standard InChI is InChI=1S/C28H30N6/c1-28(2,3)34-18-31-23-12-9-20(15-25(23)34)22-16-29-27-26(22)32-24(17-30-27)19-7-10-21(11-8-19)33-13-5-4-6-14-33/h7-12,15-18H,4-6,13-14H2,1-3H3,(H,29,30). The summed E-state index contributed by atoms with van der Waals surface area (Å²) in [6, 6.07) is 15.2. The number of hydrogen-bond donors (Lipinski definition) is 1. The van der Waals surface area contributed by atoms with Gasteiger partial charge in [-0.05, 0) is 69.9 Å². The summed E-state index contributed by atoms with van der Waals surface area (Å²) in [7, 11) is 0. The number of rotatable bonds is 3. The molecule has 2 aromatic carbocycles. The number of H-pyrrole nitrogens is 1. The molecule has 0 saturated carbocycles. The molecule has 1 saturated heterocycles. The highest BCUT2D eigenvalue weighted by Crippen LogP contribution is 2.32. The number of piperidine rings is 1. The Kier molecular flexibility index (Phi) is 4.90. The fourth-order valence-electron chi connectivity index (χ4n) is 4.96. The highest BCUT2D eigenvalue weighted by atomic mass is 15.1. The molecule has 6 heteroatoms. The average molecular weight is 451 g/mol. The van der Waals surface area contributed by atoms with E-state index in [2.05, 4.69) is 87.7 Å². The Bertz CT molecular complexity index is 1460. The molecular formula is C28H30N6. The summed E-state index contributed by atoms with van der Waals surface area (Å²) in [5.41, 5.74) is 9.20. The molecule has 172 valence electrons. The molecular weight excluding hydrogens is 420 g/mol. The van der Waals surface area contributed by atoms with E-state index in [4.69, 9.17) is 4.98 Å². The zero-order valence-electron chi connectivity index (χ0n) is 20.0. The second kappa shape index (κ2) is 7.97. The summed E-state index contributed by atoms with van der Waals surface area (Å²) in [4.78, 5) is 20.1. The monoisotopic (exact) mass is 450 g/mol. The van der Waals surface area contributed by atoms with Crippen LogP contribution in [0, 0.1) is 0 Å². The molecule has 0 atom stereocenters. The maximum absolute atomic E-state index is 5.03. The van der Waals surface area contributed by atoms with Gasteiger partial charge in [0.15, 0.2) is 5.65 Å². The van der Waals surface area contributed by atoms with Crippen LogP contribution in [0.5, 0.6) is 0 Å². The zero-order valence-corrected chi connectivity index (χ0v) is 20.0. The van der Waals surface area contributed by atoms with Crippen molar-refractivity contribution in [3.8, 4) is 22.4 Å². The lowest BCUT2D eigenvalue weighted by Gasteiger charge is -2.28. The Balaban J connectivity index is 1.38. The number of aromatic amines is 1. The largest absolute Gasteiger partial charge is 0.372 e. The van der Waals surface area contributed by atoms with Crippen molar-refractivity contribution in [2.24, 2.45) is 0 Å². The normalized spacial score (nSPS) is 14.9. The molecule has 0 bridgehead atoms. The third-order valence-electron chi connectivity index (χ3n) is 6.85. The minimum Gasteiger partial charge on any atom is -0.372 e. The summed E-state index contributed by atoms with van der Waals surface area (Å²) in [5.74, 6) is 0. The lowest BCUT2D eigenvalue weighted by atomic mass is 10.1. The average Bonchev–Trinajstić information content (AvgIpc) is 3.48. The molecule has 0 spiro atoms. The fraction of sp³-hybridized carbons (Fsp3) is 0.321. The van der Waals surface area contributed by atoms with Crippen molar-refractivity contribution >= 4 is 27.9 Å². The van der Waals surface area contributed by atoms with Crippen LogP contribution in [0.1, 0.15) is 40.0 Å². The number of imidazole rings is 1. The molecule has 0 radical (unpaired) electrons. The molecule has 1 fully saturated rings. The van der Waals surface area contributed by atoms with E-state index in [0.29, 0.717) is 0 Å². The van der Waals surface area contributed by atoms with Crippen LogP contribution in [-0.2, 0) is 5.54 Å². The molecule has 0 unspecified atom stereocenters. The predicted molar refractivity (Wildman–Crippen MR) is 139 cm³/mol. The fourth-order valence-corrected chi connectivity index (χ4v) is 4.96. The minimum absolute atomic E-state index is 0.0408. The van der Waals surface area contributed by atoms with Crippen LogP contribution < -0.4 is 4.90 Å². The van der Waals surface area contributed by atoms with E-state index < -0.39 is 0 Å². The zero-order chi connectivity index (χ0) is 23.3. The van der Waals surface area contributed by atoms with E-state index in [0.717, 1.165) is 57.7 Å². The molecule has 6 rings (SSSR count). The van der Waals surface area contributed by atoms with Crippen LogP contribution >= 0.6 is 0 Å². The van der Waals surface area contributed by atoms with Gasteiger partial charge in [0.05, 0.1) is 29.3 Å². The van der Waals surface area contributed by atoms with Gasteiger partial charge in [0, 0.05) is 41.6 Å². The second-order valence-electron chi connectivity index (χ2n) is 10.2. The van der Waals surface area contributed by atoms with Crippen LogP contribution in [0.15, 0.2) is 61.2 Å². The molecule has 34 heavy (non-hydrogen) atoms. The van der Waals surface area contributed by atoms with Gasteiger partial charge >= 0.3 is 0 Å². The highest BCUT2D eigenvalue weighted by Gasteiger charge is 2.18. The smallest absolute Gasteiger partial charge is 0.156 e.